The molecule has 2 N–H and O–H groups in total. The lowest BCUT2D eigenvalue weighted by atomic mass is 10.0. The van der Waals surface area contributed by atoms with E-state index >= 15 is 0 Å². The van der Waals surface area contributed by atoms with Crippen LogP contribution in [0.1, 0.15) is 21.1 Å². The summed E-state index contributed by atoms with van der Waals surface area (Å²) in [6.45, 7) is 4.41. The molecule has 0 bridgehead atoms. The number of pyridine rings is 1. The molecule has 0 aliphatic carbocycles. The van der Waals surface area contributed by atoms with Crippen molar-refractivity contribution in [3.8, 4) is 0 Å². The van der Waals surface area contributed by atoms with E-state index in [1.807, 2.05) is 17.2 Å². The number of hydrogen-bond acceptors (Lipinski definition) is 7. The zero-order valence-electron chi connectivity index (χ0n) is 19.4. The number of carboxylic acid groups (broad SMARTS) is 2. The van der Waals surface area contributed by atoms with Crippen LogP contribution in [-0.4, -0.2) is 85.7 Å². The minimum atomic E-state index is -5.08. The van der Waals surface area contributed by atoms with Gasteiger partial charge in [0.2, 0.25) is 5.91 Å². The fourth-order valence-corrected chi connectivity index (χ4v) is 4.21. The van der Waals surface area contributed by atoms with Crippen LogP contribution in [0, 0.1) is 18.8 Å². The number of amides is 2. The summed E-state index contributed by atoms with van der Waals surface area (Å²) in [7, 11) is 0. The van der Waals surface area contributed by atoms with Crippen molar-refractivity contribution in [3.05, 3.63) is 46.2 Å². The van der Waals surface area contributed by atoms with Gasteiger partial charge in [-0.1, -0.05) is 0 Å². The van der Waals surface area contributed by atoms with Crippen molar-refractivity contribution in [3.63, 3.8) is 0 Å². The Morgan fingerprint density at radius 3 is 1.95 bits per heavy atom. The molecule has 4 rings (SSSR count). The molecule has 2 aliphatic rings. The summed E-state index contributed by atoms with van der Waals surface area (Å²) in [5.41, 5.74) is 1.59. The van der Waals surface area contributed by atoms with E-state index in [0.29, 0.717) is 31.7 Å². The standard InChI is InChI=1S/C17H18N4O2S.2C2HF3O2/c1-11-19-14(10-24-11)8-20-6-13-7-21(9-15(13)17(20)23)16(22)12-2-4-18-5-3-12;2*3-2(4,5)1(6)7/h2-5,10,13,15H,6-9H2,1H3;2*(H,6,7)/t13-,15+;;/m1../s1. The first-order chi connectivity index (χ1) is 17.5. The van der Waals surface area contributed by atoms with Gasteiger partial charge in [0.25, 0.3) is 5.91 Å². The lowest BCUT2D eigenvalue weighted by molar-refractivity contribution is -0.193. The predicted octanol–water partition coefficient (Wildman–Crippen LogP) is 2.84. The molecule has 38 heavy (non-hydrogen) atoms. The second-order valence-corrected chi connectivity index (χ2v) is 9.06. The van der Waals surface area contributed by atoms with E-state index in [0.717, 1.165) is 10.7 Å². The molecule has 208 valence electrons. The fourth-order valence-electron chi connectivity index (χ4n) is 3.61. The molecule has 0 spiro atoms. The summed E-state index contributed by atoms with van der Waals surface area (Å²) in [4.78, 5) is 55.0. The van der Waals surface area contributed by atoms with Crippen LogP contribution >= 0.6 is 11.3 Å². The van der Waals surface area contributed by atoms with Gasteiger partial charge < -0.3 is 20.0 Å². The third-order valence-corrected chi connectivity index (χ3v) is 6.07. The monoisotopic (exact) mass is 570 g/mol. The minimum Gasteiger partial charge on any atom is -0.475 e. The van der Waals surface area contributed by atoms with Gasteiger partial charge in [0, 0.05) is 48.9 Å². The number of hydrogen-bond donors (Lipinski definition) is 2. The summed E-state index contributed by atoms with van der Waals surface area (Å²) in [6, 6.07) is 3.43. The molecule has 0 radical (unpaired) electrons. The number of carbonyl (C=O) groups excluding carboxylic acids is 2. The highest BCUT2D eigenvalue weighted by Crippen LogP contribution is 2.33. The highest BCUT2D eigenvalue weighted by molar-refractivity contribution is 7.09. The molecule has 4 heterocycles. The topological polar surface area (TPSA) is 141 Å². The van der Waals surface area contributed by atoms with E-state index in [1.54, 1.807) is 40.8 Å². The second kappa shape index (κ2) is 12.2. The van der Waals surface area contributed by atoms with Crippen LogP contribution in [0.3, 0.4) is 0 Å². The Balaban J connectivity index is 0.000000301. The number of likely N-dealkylation sites (tertiary alicyclic amines) is 2. The summed E-state index contributed by atoms with van der Waals surface area (Å²) < 4.78 is 63.5. The number of thiazole rings is 1. The number of aliphatic carboxylic acids is 2. The highest BCUT2D eigenvalue weighted by atomic mass is 32.1. The first-order valence-corrected chi connectivity index (χ1v) is 11.4. The fraction of sp³-hybridized carbons (Fsp3) is 0.429. The van der Waals surface area contributed by atoms with Crippen molar-refractivity contribution in [1.82, 2.24) is 19.8 Å². The van der Waals surface area contributed by atoms with Gasteiger partial charge in [-0.05, 0) is 19.1 Å². The SMILES string of the molecule is Cc1nc(CN2C[C@@H]3CN(C(=O)c4ccncc4)C[C@@H]3C2=O)cs1.O=C(O)C(F)(F)F.O=C(O)C(F)(F)F. The largest absolute Gasteiger partial charge is 0.490 e. The molecular formula is C21H20F6N4O6S. The molecule has 0 aromatic carbocycles. The van der Waals surface area contributed by atoms with Gasteiger partial charge in [0.15, 0.2) is 0 Å². The molecule has 0 unspecified atom stereocenters. The number of aromatic nitrogens is 2. The summed E-state index contributed by atoms with van der Waals surface area (Å²) in [5.74, 6) is -5.23. The van der Waals surface area contributed by atoms with Crippen molar-refractivity contribution in [2.45, 2.75) is 25.8 Å². The highest BCUT2D eigenvalue weighted by Gasteiger charge is 2.47. The van der Waals surface area contributed by atoms with Gasteiger partial charge in [-0.3, -0.25) is 14.6 Å². The zero-order valence-corrected chi connectivity index (χ0v) is 20.2. The maximum Gasteiger partial charge on any atom is 0.490 e. The zero-order chi connectivity index (χ0) is 28.8. The molecule has 2 saturated heterocycles. The first kappa shape index (κ1) is 30.5. The van der Waals surface area contributed by atoms with Gasteiger partial charge in [0.05, 0.1) is 23.2 Å². The summed E-state index contributed by atoms with van der Waals surface area (Å²) >= 11 is 1.61. The number of carboxylic acids is 2. The van der Waals surface area contributed by atoms with Crippen LogP contribution in [0.5, 0.6) is 0 Å². The molecule has 2 aromatic heterocycles. The van der Waals surface area contributed by atoms with E-state index in [1.165, 1.54) is 0 Å². The molecule has 2 atom stereocenters. The lowest BCUT2D eigenvalue weighted by Crippen LogP contribution is -2.35. The number of alkyl halides is 6. The van der Waals surface area contributed by atoms with Crippen LogP contribution in [0.2, 0.25) is 0 Å². The Kier molecular flexibility index (Phi) is 9.77. The molecule has 10 nitrogen and oxygen atoms in total. The third-order valence-electron chi connectivity index (χ3n) is 5.24. The van der Waals surface area contributed by atoms with Crippen molar-refractivity contribution in [2.75, 3.05) is 19.6 Å². The van der Waals surface area contributed by atoms with Crippen molar-refractivity contribution in [1.29, 1.82) is 0 Å². The van der Waals surface area contributed by atoms with E-state index in [2.05, 4.69) is 9.97 Å². The smallest absolute Gasteiger partial charge is 0.475 e. The van der Waals surface area contributed by atoms with Gasteiger partial charge in [0.1, 0.15) is 0 Å². The Bertz CT molecular complexity index is 1130. The molecule has 17 heteroatoms. The Morgan fingerprint density at radius 1 is 1.00 bits per heavy atom. The maximum absolute atomic E-state index is 12.7. The Labute approximate surface area is 214 Å². The van der Waals surface area contributed by atoms with Crippen molar-refractivity contribution in [2.24, 2.45) is 11.8 Å². The van der Waals surface area contributed by atoms with Crippen LogP contribution < -0.4 is 0 Å². The predicted molar refractivity (Wildman–Crippen MR) is 117 cm³/mol. The van der Waals surface area contributed by atoms with E-state index in [9.17, 15) is 35.9 Å². The van der Waals surface area contributed by atoms with E-state index in [-0.39, 0.29) is 23.7 Å². The average molecular weight is 570 g/mol. The minimum absolute atomic E-state index is 0.0127. The third kappa shape index (κ3) is 8.39. The molecule has 2 aromatic rings. The Hall–Kier alpha value is -3.76. The molecule has 2 amide bonds. The van der Waals surface area contributed by atoms with Crippen LogP contribution in [0.25, 0.3) is 0 Å². The van der Waals surface area contributed by atoms with Gasteiger partial charge in [-0.2, -0.15) is 26.3 Å². The summed E-state index contributed by atoms with van der Waals surface area (Å²) in [5, 5.41) is 17.3. The number of halogens is 6. The number of nitrogens with zero attached hydrogens (tertiary/aromatic N) is 4. The normalized spacial score (nSPS) is 18.7. The second-order valence-electron chi connectivity index (χ2n) is 8.00. The quantitative estimate of drug-likeness (QED) is 0.537. The van der Waals surface area contributed by atoms with Gasteiger partial charge in [-0.25, -0.2) is 14.6 Å². The van der Waals surface area contributed by atoms with Crippen LogP contribution in [0.4, 0.5) is 26.3 Å². The number of fused-ring (bicyclic) bond motifs is 1. The van der Waals surface area contributed by atoms with Crippen molar-refractivity contribution < 1.29 is 55.7 Å². The maximum atomic E-state index is 12.7. The summed E-state index contributed by atoms with van der Waals surface area (Å²) in [6.07, 6.45) is -6.93. The number of carbonyl (C=O) groups is 4. The molecular weight excluding hydrogens is 550 g/mol. The van der Waals surface area contributed by atoms with E-state index < -0.39 is 24.3 Å². The van der Waals surface area contributed by atoms with Crippen molar-refractivity contribution >= 4 is 35.1 Å². The van der Waals surface area contributed by atoms with Gasteiger partial charge in [-0.15, -0.1) is 11.3 Å². The lowest BCUT2D eigenvalue weighted by Gasteiger charge is -2.21. The number of rotatable bonds is 3. The number of aryl methyl sites for hydroxylation is 1. The first-order valence-electron chi connectivity index (χ1n) is 10.5. The molecule has 0 saturated carbocycles. The average Bonchev–Trinajstić information content (AvgIpc) is 3.50. The van der Waals surface area contributed by atoms with E-state index in [4.69, 9.17) is 19.8 Å². The van der Waals surface area contributed by atoms with Crippen LogP contribution in [0.15, 0.2) is 29.9 Å². The Morgan fingerprint density at radius 2 is 1.53 bits per heavy atom. The van der Waals surface area contributed by atoms with Crippen LogP contribution in [-0.2, 0) is 20.9 Å². The molecule has 2 aliphatic heterocycles. The molecule has 2 fully saturated rings. The van der Waals surface area contributed by atoms with Gasteiger partial charge >= 0.3 is 24.3 Å².